The molecule has 0 saturated carbocycles. The number of benzene rings is 1. The van der Waals surface area contributed by atoms with Crippen LogP contribution < -0.4 is 4.74 Å². The van der Waals surface area contributed by atoms with Crippen molar-refractivity contribution >= 4 is 12.6 Å². The minimum absolute atomic E-state index is 0.105. The molecule has 0 amide bonds. The van der Waals surface area contributed by atoms with Crippen molar-refractivity contribution in [3.05, 3.63) is 42.0 Å². The smallest absolute Gasteiger partial charge is 0.419 e. The Bertz CT molecular complexity index is 360. The first-order valence-corrected chi connectivity index (χ1v) is 5.24. The maximum Gasteiger partial charge on any atom is 0.419 e. The summed E-state index contributed by atoms with van der Waals surface area (Å²) in [6.07, 6.45) is -1.05. The summed E-state index contributed by atoms with van der Waals surface area (Å²) < 4.78 is 42.6. The molecule has 1 nitrogen and oxygen atoms in total. The van der Waals surface area contributed by atoms with Crippen LogP contribution >= 0.6 is 12.6 Å². The normalized spacial score (nSPS) is 12.0. The molecule has 0 aliphatic rings. The number of para-hydroxylation sites is 1. The van der Waals surface area contributed by atoms with Crippen LogP contribution in [0, 0.1) is 0 Å². The summed E-state index contributed by atoms with van der Waals surface area (Å²) in [6.45, 7) is 0.105. The molecule has 0 aliphatic heterocycles. The summed E-state index contributed by atoms with van der Waals surface area (Å²) in [5.74, 6) is 0.378. The number of hydrogen-bond donors (Lipinski definition) is 1. The fourth-order valence-corrected chi connectivity index (χ4v) is 1.26. The van der Waals surface area contributed by atoms with Crippen molar-refractivity contribution in [3.63, 3.8) is 0 Å². The fourth-order valence-electron chi connectivity index (χ4n) is 1.11. The molecule has 16 heavy (non-hydrogen) atoms. The van der Waals surface area contributed by atoms with Gasteiger partial charge in [-0.15, -0.1) is 0 Å². The van der Waals surface area contributed by atoms with E-state index in [0.717, 1.165) is 6.07 Å². The van der Waals surface area contributed by atoms with E-state index in [1.54, 1.807) is 12.2 Å². The average molecular weight is 248 g/mol. The third-order valence-electron chi connectivity index (χ3n) is 1.80. The second kappa shape index (κ2) is 5.84. The number of halogens is 3. The van der Waals surface area contributed by atoms with Gasteiger partial charge in [0.2, 0.25) is 0 Å². The molecule has 5 heteroatoms. The van der Waals surface area contributed by atoms with E-state index in [2.05, 4.69) is 12.6 Å². The lowest BCUT2D eigenvalue weighted by atomic mass is 10.2. The highest BCUT2D eigenvalue weighted by atomic mass is 32.1. The highest BCUT2D eigenvalue weighted by molar-refractivity contribution is 7.80. The first-order chi connectivity index (χ1) is 7.55. The molecule has 0 heterocycles. The fraction of sp³-hybridized carbons (Fsp3) is 0.273. The van der Waals surface area contributed by atoms with Gasteiger partial charge in [0, 0.05) is 5.75 Å². The Balaban J connectivity index is 2.76. The molecule has 0 spiro atoms. The van der Waals surface area contributed by atoms with Gasteiger partial charge in [0.05, 0.1) is 5.56 Å². The number of thiol groups is 1. The topological polar surface area (TPSA) is 9.23 Å². The lowest BCUT2D eigenvalue weighted by Gasteiger charge is -2.12. The van der Waals surface area contributed by atoms with Gasteiger partial charge in [-0.3, -0.25) is 0 Å². The van der Waals surface area contributed by atoms with E-state index in [1.165, 1.54) is 18.2 Å². The third kappa shape index (κ3) is 3.81. The average Bonchev–Trinajstić information content (AvgIpc) is 2.24. The SMILES string of the molecule is FC(F)(F)c1ccccc1OCC=CCS. The lowest BCUT2D eigenvalue weighted by Crippen LogP contribution is -2.08. The molecule has 0 aliphatic carbocycles. The maximum absolute atomic E-state index is 12.5. The molecule has 0 unspecified atom stereocenters. The van der Waals surface area contributed by atoms with E-state index in [-0.39, 0.29) is 12.4 Å². The first kappa shape index (κ1) is 13.0. The summed E-state index contributed by atoms with van der Waals surface area (Å²) in [7, 11) is 0. The van der Waals surface area contributed by atoms with Crippen LogP contribution in [0.1, 0.15) is 5.56 Å². The minimum Gasteiger partial charge on any atom is -0.489 e. The Morgan fingerprint density at radius 3 is 2.50 bits per heavy atom. The number of alkyl halides is 3. The zero-order valence-electron chi connectivity index (χ0n) is 8.37. The predicted molar refractivity (Wildman–Crippen MR) is 59.9 cm³/mol. The van der Waals surface area contributed by atoms with E-state index in [9.17, 15) is 13.2 Å². The summed E-state index contributed by atoms with van der Waals surface area (Å²) in [6, 6.07) is 5.14. The van der Waals surface area contributed by atoms with Crippen molar-refractivity contribution < 1.29 is 17.9 Å². The molecule has 88 valence electrons. The largest absolute Gasteiger partial charge is 0.489 e. The van der Waals surface area contributed by atoms with E-state index >= 15 is 0 Å². The van der Waals surface area contributed by atoms with E-state index < -0.39 is 11.7 Å². The van der Waals surface area contributed by atoms with Crippen LogP contribution in [-0.4, -0.2) is 12.4 Å². The van der Waals surface area contributed by atoms with Gasteiger partial charge in [-0.2, -0.15) is 25.8 Å². The van der Waals surface area contributed by atoms with Crippen LogP contribution in [0.15, 0.2) is 36.4 Å². The zero-order valence-corrected chi connectivity index (χ0v) is 9.26. The van der Waals surface area contributed by atoms with Gasteiger partial charge < -0.3 is 4.74 Å². The highest BCUT2D eigenvalue weighted by Crippen LogP contribution is 2.35. The highest BCUT2D eigenvalue weighted by Gasteiger charge is 2.33. The van der Waals surface area contributed by atoms with Crippen molar-refractivity contribution in [2.75, 3.05) is 12.4 Å². The standard InChI is InChI=1S/C11H11F3OS/c12-11(13,14)9-5-1-2-6-10(9)15-7-3-4-8-16/h1-6,16H,7-8H2. The minimum atomic E-state index is -4.39. The van der Waals surface area contributed by atoms with Crippen molar-refractivity contribution in [2.24, 2.45) is 0 Å². The van der Waals surface area contributed by atoms with Gasteiger partial charge in [-0.05, 0) is 12.1 Å². The molecule has 0 fully saturated rings. The number of ether oxygens (including phenoxy) is 1. The van der Waals surface area contributed by atoms with Crippen molar-refractivity contribution in [1.82, 2.24) is 0 Å². The van der Waals surface area contributed by atoms with Crippen molar-refractivity contribution in [2.45, 2.75) is 6.18 Å². The zero-order chi connectivity index (χ0) is 12.0. The van der Waals surface area contributed by atoms with Crippen LogP contribution in [0.2, 0.25) is 0 Å². The Hall–Kier alpha value is -1.10. The van der Waals surface area contributed by atoms with Gasteiger partial charge >= 0.3 is 6.18 Å². The summed E-state index contributed by atoms with van der Waals surface area (Å²) in [4.78, 5) is 0. The van der Waals surface area contributed by atoms with Crippen LogP contribution in [0.5, 0.6) is 5.75 Å². The molecule has 1 aromatic carbocycles. The summed E-state index contributed by atoms with van der Waals surface area (Å²) in [5, 5.41) is 0. The van der Waals surface area contributed by atoms with E-state index in [1.807, 2.05) is 0 Å². The Labute approximate surface area is 97.3 Å². The molecular weight excluding hydrogens is 237 g/mol. The predicted octanol–water partition coefficient (Wildman–Crippen LogP) is 3.57. The molecule has 1 rings (SSSR count). The molecule has 0 atom stereocenters. The second-order valence-electron chi connectivity index (χ2n) is 2.96. The van der Waals surface area contributed by atoms with Gasteiger partial charge in [0.1, 0.15) is 12.4 Å². The molecular formula is C11H11F3OS. The Morgan fingerprint density at radius 1 is 1.19 bits per heavy atom. The molecule has 0 N–H and O–H groups in total. The van der Waals surface area contributed by atoms with Gasteiger partial charge in [-0.25, -0.2) is 0 Å². The van der Waals surface area contributed by atoms with Crippen LogP contribution in [0.4, 0.5) is 13.2 Å². The second-order valence-corrected chi connectivity index (χ2v) is 3.32. The first-order valence-electron chi connectivity index (χ1n) is 4.60. The number of rotatable bonds is 4. The Morgan fingerprint density at radius 2 is 1.88 bits per heavy atom. The van der Waals surface area contributed by atoms with E-state index in [4.69, 9.17) is 4.74 Å². The monoisotopic (exact) mass is 248 g/mol. The maximum atomic E-state index is 12.5. The van der Waals surface area contributed by atoms with Gasteiger partial charge in [0.25, 0.3) is 0 Å². The molecule has 0 radical (unpaired) electrons. The third-order valence-corrected chi connectivity index (χ3v) is 2.01. The van der Waals surface area contributed by atoms with Crippen molar-refractivity contribution in [1.29, 1.82) is 0 Å². The van der Waals surface area contributed by atoms with Crippen LogP contribution in [0.3, 0.4) is 0 Å². The number of hydrogen-bond acceptors (Lipinski definition) is 2. The Kier molecular flexibility index (Phi) is 4.73. The van der Waals surface area contributed by atoms with Gasteiger partial charge in [0.15, 0.2) is 0 Å². The lowest BCUT2D eigenvalue weighted by molar-refractivity contribution is -0.138. The van der Waals surface area contributed by atoms with E-state index in [0.29, 0.717) is 5.75 Å². The van der Waals surface area contributed by atoms with Crippen molar-refractivity contribution in [3.8, 4) is 5.75 Å². The summed E-state index contributed by atoms with van der Waals surface area (Å²) in [5.41, 5.74) is -0.755. The molecule has 1 aromatic rings. The van der Waals surface area contributed by atoms with Gasteiger partial charge in [-0.1, -0.05) is 24.3 Å². The molecule has 0 aromatic heterocycles. The van der Waals surface area contributed by atoms with Crippen LogP contribution in [-0.2, 0) is 6.18 Å². The molecule has 0 saturated heterocycles. The summed E-state index contributed by atoms with van der Waals surface area (Å²) >= 11 is 3.92. The quantitative estimate of drug-likeness (QED) is 0.633. The van der Waals surface area contributed by atoms with Crippen LogP contribution in [0.25, 0.3) is 0 Å². The molecule has 0 bridgehead atoms.